The Balaban J connectivity index is -0.0000000876. The molecule has 0 heterocycles. The molecular weight excluding hydrogens is 521 g/mol. The minimum atomic E-state index is -0.909. The minimum Gasteiger partial charge on any atom is -1.00 e. The standard InChI is InChI=1S/C16H32O2.C12H24O2.ClH.3Na.H2O/c1-2-3-4-5-6-7-8-9-10-11-12-13-14-15-16(17)18;1-2-3-4-5-6-7-8-9-10-11-12(13)14;;;;;/h2-15H2,1H3,(H,17,18);2-11H2,1H3,(H,13,14);1H;;;;1H2/q;;;3*+1;/p-3. The Labute approximate surface area is 302 Å². The zero-order valence-electron chi connectivity index (χ0n) is 25.5. The Morgan fingerprint density at radius 2 is 0.568 bits per heavy atom. The molecule has 9 heteroatoms. The van der Waals surface area contributed by atoms with Crippen molar-refractivity contribution in [2.45, 2.75) is 168 Å². The SMILES string of the molecule is CCCCCCCCCCCC(=O)[O-].CCCCCCCCCCCCCCCC(=O)[O-].O.[Cl-].[Na+].[Na+].[Na+]. The molecule has 0 aromatic rings. The van der Waals surface area contributed by atoms with Gasteiger partial charge < -0.3 is 37.7 Å². The van der Waals surface area contributed by atoms with E-state index in [4.69, 9.17) is 0 Å². The predicted octanol–water partition coefficient (Wildman–Crippen LogP) is -5.93. The first-order valence-corrected chi connectivity index (χ1v) is 13.9. The number of aliphatic carboxylic acids is 2. The van der Waals surface area contributed by atoms with Gasteiger partial charge in [-0.15, -0.1) is 0 Å². The maximum absolute atomic E-state index is 10.2. The van der Waals surface area contributed by atoms with Crippen LogP contribution in [0.3, 0.4) is 0 Å². The number of unbranched alkanes of at least 4 members (excludes halogenated alkanes) is 20. The Hall–Kier alpha value is 2.19. The summed E-state index contributed by atoms with van der Waals surface area (Å²) in [5.74, 6) is -1.81. The third-order valence-electron chi connectivity index (χ3n) is 5.97. The van der Waals surface area contributed by atoms with Gasteiger partial charge in [0.2, 0.25) is 0 Å². The van der Waals surface area contributed by atoms with Gasteiger partial charge >= 0.3 is 88.7 Å². The first-order chi connectivity index (χ1) is 15.5. The van der Waals surface area contributed by atoms with Gasteiger partial charge in [0.15, 0.2) is 0 Å². The molecule has 5 nitrogen and oxygen atoms in total. The average Bonchev–Trinajstić information content (AvgIpc) is 2.76. The molecule has 2 N–H and O–H groups in total. The topological polar surface area (TPSA) is 112 Å². The summed E-state index contributed by atoms with van der Waals surface area (Å²) in [4.78, 5) is 20.3. The molecule has 0 atom stereocenters. The van der Waals surface area contributed by atoms with E-state index in [0.29, 0.717) is 0 Å². The van der Waals surface area contributed by atoms with Gasteiger partial charge in [-0.05, 0) is 25.7 Å². The van der Waals surface area contributed by atoms with E-state index in [1.807, 2.05) is 0 Å². The van der Waals surface area contributed by atoms with E-state index < -0.39 is 11.9 Å². The molecule has 37 heavy (non-hydrogen) atoms. The number of hydrogen-bond donors (Lipinski definition) is 0. The van der Waals surface area contributed by atoms with Crippen molar-refractivity contribution in [3.8, 4) is 0 Å². The maximum atomic E-state index is 10.2. The molecule has 0 bridgehead atoms. The molecule has 0 unspecified atom stereocenters. The Morgan fingerprint density at radius 3 is 0.730 bits per heavy atom. The molecule has 0 saturated carbocycles. The van der Waals surface area contributed by atoms with Crippen LogP contribution < -0.4 is 111 Å². The van der Waals surface area contributed by atoms with E-state index >= 15 is 0 Å². The number of carbonyl (C=O) groups excluding carboxylic acids is 2. The number of carbonyl (C=O) groups is 2. The second-order valence-electron chi connectivity index (χ2n) is 9.32. The van der Waals surface area contributed by atoms with Crippen LogP contribution in [0, 0.1) is 0 Å². The molecule has 0 aromatic heterocycles. The van der Waals surface area contributed by atoms with Crippen LogP contribution >= 0.6 is 0 Å². The monoisotopic (exact) mass is 576 g/mol. The summed E-state index contributed by atoms with van der Waals surface area (Å²) in [6.45, 7) is 4.48. The van der Waals surface area contributed by atoms with Crippen molar-refractivity contribution < 1.29 is 126 Å². The van der Waals surface area contributed by atoms with Crippen molar-refractivity contribution in [2.75, 3.05) is 0 Å². The van der Waals surface area contributed by atoms with Gasteiger partial charge in [0.05, 0.1) is 0 Å². The Morgan fingerprint density at radius 1 is 0.405 bits per heavy atom. The van der Waals surface area contributed by atoms with Crippen molar-refractivity contribution >= 4 is 11.9 Å². The van der Waals surface area contributed by atoms with Crippen molar-refractivity contribution in [1.82, 2.24) is 0 Å². The second kappa shape index (κ2) is 51.0. The van der Waals surface area contributed by atoms with Crippen LogP contribution in [0.2, 0.25) is 0 Å². The summed E-state index contributed by atoms with van der Waals surface area (Å²) in [6, 6.07) is 0. The van der Waals surface area contributed by atoms with Crippen LogP contribution in [-0.4, -0.2) is 17.4 Å². The van der Waals surface area contributed by atoms with Crippen LogP contribution in [-0.2, 0) is 9.59 Å². The van der Waals surface area contributed by atoms with E-state index in [-0.39, 0.29) is 119 Å². The number of halogens is 1. The molecule has 0 aliphatic carbocycles. The van der Waals surface area contributed by atoms with Crippen LogP contribution in [0.15, 0.2) is 0 Å². The van der Waals surface area contributed by atoms with E-state index in [9.17, 15) is 19.8 Å². The first kappa shape index (κ1) is 55.2. The maximum Gasteiger partial charge on any atom is 1.00 e. The molecule has 0 amide bonds. The van der Waals surface area contributed by atoms with Gasteiger partial charge in [-0.3, -0.25) is 0 Å². The van der Waals surface area contributed by atoms with Crippen molar-refractivity contribution in [3.05, 3.63) is 0 Å². The van der Waals surface area contributed by atoms with Crippen LogP contribution in [0.5, 0.6) is 0 Å². The molecule has 0 rings (SSSR count). The van der Waals surface area contributed by atoms with Gasteiger partial charge in [-0.25, -0.2) is 0 Å². The normalized spacial score (nSPS) is 9.14. The van der Waals surface area contributed by atoms with Gasteiger partial charge in [0, 0.05) is 11.9 Å². The molecule has 0 fully saturated rings. The summed E-state index contributed by atoms with van der Waals surface area (Å²) in [5.41, 5.74) is 0. The number of hydrogen-bond acceptors (Lipinski definition) is 4. The summed E-state index contributed by atoms with van der Waals surface area (Å²) < 4.78 is 0. The van der Waals surface area contributed by atoms with Crippen LogP contribution in [0.1, 0.15) is 168 Å². The number of carboxylic acid groups (broad SMARTS) is 2. The van der Waals surface area contributed by atoms with E-state index in [1.54, 1.807) is 0 Å². The summed E-state index contributed by atoms with van der Waals surface area (Å²) in [7, 11) is 0. The third kappa shape index (κ3) is 62.9. The number of rotatable bonds is 24. The van der Waals surface area contributed by atoms with Gasteiger partial charge in [0.1, 0.15) is 0 Å². The second-order valence-corrected chi connectivity index (χ2v) is 9.32. The molecule has 0 aliphatic rings. The molecule has 208 valence electrons. The third-order valence-corrected chi connectivity index (χ3v) is 5.97. The summed E-state index contributed by atoms with van der Waals surface area (Å²) >= 11 is 0. The van der Waals surface area contributed by atoms with E-state index in [2.05, 4.69) is 13.8 Å². The summed E-state index contributed by atoms with van der Waals surface area (Å²) in [5, 5.41) is 20.3. The van der Waals surface area contributed by atoms with E-state index in [0.717, 1.165) is 25.7 Å². The van der Waals surface area contributed by atoms with E-state index in [1.165, 1.54) is 116 Å². The molecule has 0 radical (unpaired) electrons. The molecule has 0 aromatic carbocycles. The smallest absolute Gasteiger partial charge is 1.00 e. The fourth-order valence-electron chi connectivity index (χ4n) is 3.87. The fraction of sp³-hybridized carbons (Fsp3) is 0.929. The summed E-state index contributed by atoms with van der Waals surface area (Å²) in [6.07, 6.45) is 28.1. The first-order valence-electron chi connectivity index (χ1n) is 13.9. The molecular formula is C28H56ClNa3O5. The Kier molecular flexibility index (Phi) is 76.0. The van der Waals surface area contributed by atoms with Gasteiger partial charge in [0.25, 0.3) is 0 Å². The van der Waals surface area contributed by atoms with Crippen molar-refractivity contribution in [3.63, 3.8) is 0 Å². The molecule has 0 aliphatic heterocycles. The fourth-order valence-corrected chi connectivity index (χ4v) is 3.87. The van der Waals surface area contributed by atoms with Crippen molar-refractivity contribution in [2.24, 2.45) is 0 Å². The molecule has 0 spiro atoms. The van der Waals surface area contributed by atoms with Gasteiger partial charge in [-0.1, -0.05) is 142 Å². The van der Waals surface area contributed by atoms with Crippen molar-refractivity contribution in [1.29, 1.82) is 0 Å². The predicted molar refractivity (Wildman–Crippen MR) is 136 cm³/mol. The largest absolute Gasteiger partial charge is 1.00 e. The zero-order chi connectivity index (χ0) is 24.1. The Bertz CT molecular complexity index is 406. The molecule has 0 saturated heterocycles. The van der Waals surface area contributed by atoms with Gasteiger partial charge in [-0.2, -0.15) is 0 Å². The quantitative estimate of drug-likeness (QED) is 0.0841. The minimum absolute atomic E-state index is 0. The average molecular weight is 577 g/mol. The van der Waals surface area contributed by atoms with Crippen LogP contribution in [0.25, 0.3) is 0 Å². The van der Waals surface area contributed by atoms with Crippen LogP contribution in [0.4, 0.5) is 0 Å². The number of carboxylic acids is 2. The zero-order valence-corrected chi connectivity index (χ0v) is 32.2.